The molecule has 6 nitrogen and oxygen atoms in total. The van der Waals surface area contributed by atoms with Crippen molar-refractivity contribution in [1.82, 2.24) is 9.88 Å². The van der Waals surface area contributed by atoms with Crippen molar-refractivity contribution in [2.45, 2.75) is 25.6 Å². The number of amides is 1. The second-order valence-corrected chi connectivity index (χ2v) is 8.04. The first-order valence-electron chi connectivity index (χ1n) is 9.86. The lowest BCUT2D eigenvalue weighted by molar-refractivity contribution is 0.0734. The van der Waals surface area contributed by atoms with Crippen LogP contribution in [-0.4, -0.2) is 42.2 Å². The van der Waals surface area contributed by atoms with Crippen molar-refractivity contribution in [2.24, 2.45) is 0 Å². The third kappa shape index (κ3) is 4.98. The molecule has 7 heteroatoms. The van der Waals surface area contributed by atoms with Crippen molar-refractivity contribution in [2.75, 3.05) is 20.3 Å². The minimum absolute atomic E-state index is 0.00347. The largest absolute Gasteiger partial charge is 0.493 e. The molecule has 1 atom stereocenters. The molecule has 1 amide bonds. The van der Waals surface area contributed by atoms with Gasteiger partial charge in [-0.1, -0.05) is 18.2 Å². The second-order valence-electron chi connectivity index (χ2n) is 7.09. The number of rotatable bonds is 8. The average Bonchev–Trinajstić information content (AvgIpc) is 3.49. The van der Waals surface area contributed by atoms with Gasteiger partial charge in [-0.2, -0.15) is 0 Å². The Kier molecular flexibility index (Phi) is 6.61. The molecule has 4 rings (SSSR count). The quantitative estimate of drug-likeness (QED) is 0.543. The number of ether oxygens (including phenoxy) is 3. The van der Waals surface area contributed by atoms with E-state index in [2.05, 4.69) is 4.98 Å². The Bertz CT molecular complexity index is 957. The Morgan fingerprint density at radius 2 is 2.10 bits per heavy atom. The van der Waals surface area contributed by atoms with Gasteiger partial charge in [0.1, 0.15) is 6.10 Å². The van der Waals surface area contributed by atoms with E-state index < -0.39 is 0 Å². The smallest absolute Gasteiger partial charge is 0.264 e. The molecule has 2 aromatic heterocycles. The van der Waals surface area contributed by atoms with Crippen LogP contribution in [0.1, 0.15) is 27.2 Å². The zero-order valence-corrected chi connectivity index (χ0v) is 17.6. The van der Waals surface area contributed by atoms with Gasteiger partial charge >= 0.3 is 0 Å². The Balaban J connectivity index is 1.54. The number of nitrogens with zero attached hydrogens (tertiary/aromatic N) is 2. The molecule has 0 bridgehead atoms. The van der Waals surface area contributed by atoms with Crippen LogP contribution < -0.4 is 9.47 Å². The first-order valence-corrected chi connectivity index (χ1v) is 10.7. The lowest BCUT2D eigenvalue weighted by atomic mass is 10.1. The topological polar surface area (TPSA) is 60.9 Å². The molecular weight excluding hydrogens is 400 g/mol. The zero-order valence-electron chi connectivity index (χ0n) is 16.8. The Hall–Kier alpha value is -2.90. The summed E-state index contributed by atoms with van der Waals surface area (Å²) in [5.41, 5.74) is 1.95. The van der Waals surface area contributed by atoms with Gasteiger partial charge in [0, 0.05) is 31.9 Å². The number of hydrogen-bond acceptors (Lipinski definition) is 6. The third-order valence-electron chi connectivity index (χ3n) is 4.90. The summed E-state index contributed by atoms with van der Waals surface area (Å²) in [6.07, 6.45) is 4.44. The van der Waals surface area contributed by atoms with Crippen LogP contribution in [0.15, 0.2) is 60.2 Å². The van der Waals surface area contributed by atoms with Crippen molar-refractivity contribution >= 4 is 17.2 Å². The molecule has 156 valence electrons. The molecule has 0 radical (unpaired) electrons. The predicted octanol–water partition coefficient (Wildman–Crippen LogP) is 4.16. The van der Waals surface area contributed by atoms with Gasteiger partial charge in [0.05, 0.1) is 25.2 Å². The van der Waals surface area contributed by atoms with Crippen molar-refractivity contribution in [3.63, 3.8) is 0 Å². The van der Waals surface area contributed by atoms with Gasteiger partial charge in [0.25, 0.3) is 5.91 Å². The van der Waals surface area contributed by atoms with Crippen LogP contribution in [0.4, 0.5) is 0 Å². The van der Waals surface area contributed by atoms with Crippen molar-refractivity contribution in [3.05, 3.63) is 76.2 Å². The first kappa shape index (κ1) is 20.4. The van der Waals surface area contributed by atoms with E-state index in [1.54, 1.807) is 19.5 Å². The summed E-state index contributed by atoms with van der Waals surface area (Å²) in [7, 11) is 1.63. The van der Waals surface area contributed by atoms with Crippen LogP contribution >= 0.6 is 11.3 Å². The van der Waals surface area contributed by atoms with Crippen molar-refractivity contribution in [3.8, 4) is 11.5 Å². The summed E-state index contributed by atoms with van der Waals surface area (Å²) in [6.45, 7) is 2.25. The highest BCUT2D eigenvalue weighted by atomic mass is 32.1. The zero-order chi connectivity index (χ0) is 20.8. The van der Waals surface area contributed by atoms with Crippen LogP contribution in [0, 0.1) is 0 Å². The fraction of sp³-hybridized carbons (Fsp3) is 0.304. The van der Waals surface area contributed by atoms with Gasteiger partial charge in [-0.05, 0) is 40.8 Å². The summed E-state index contributed by atoms with van der Waals surface area (Å²) in [6, 6.07) is 13.4. The lowest BCUT2D eigenvalue weighted by Crippen LogP contribution is -2.29. The molecule has 0 saturated carbocycles. The molecule has 1 aromatic carbocycles. The highest BCUT2D eigenvalue weighted by Crippen LogP contribution is 2.31. The highest BCUT2D eigenvalue weighted by Gasteiger charge is 2.21. The normalized spacial score (nSPS) is 15.7. The second kappa shape index (κ2) is 9.73. The average molecular weight is 425 g/mol. The molecule has 1 aliphatic rings. The Morgan fingerprint density at radius 1 is 1.20 bits per heavy atom. The van der Waals surface area contributed by atoms with Gasteiger partial charge in [-0.3, -0.25) is 9.78 Å². The van der Waals surface area contributed by atoms with Crippen LogP contribution in [0.5, 0.6) is 11.5 Å². The van der Waals surface area contributed by atoms with Gasteiger partial charge < -0.3 is 19.1 Å². The summed E-state index contributed by atoms with van der Waals surface area (Å²) in [5, 5.41) is 1.91. The van der Waals surface area contributed by atoms with E-state index in [0.717, 1.165) is 24.2 Å². The van der Waals surface area contributed by atoms with Crippen LogP contribution in [0.3, 0.4) is 0 Å². The number of pyridine rings is 1. The van der Waals surface area contributed by atoms with E-state index in [-0.39, 0.29) is 12.0 Å². The van der Waals surface area contributed by atoms with E-state index in [0.29, 0.717) is 36.1 Å². The number of hydrogen-bond donors (Lipinski definition) is 0. The number of carbonyl (C=O) groups is 1. The van der Waals surface area contributed by atoms with Gasteiger partial charge in [0.2, 0.25) is 0 Å². The molecule has 1 aliphatic heterocycles. The lowest BCUT2D eigenvalue weighted by Gasteiger charge is -2.23. The van der Waals surface area contributed by atoms with E-state index in [1.807, 2.05) is 52.7 Å². The Morgan fingerprint density at radius 3 is 2.80 bits per heavy atom. The maximum atomic E-state index is 13.1. The van der Waals surface area contributed by atoms with Crippen LogP contribution in [0.25, 0.3) is 0 Å². The van der Waals surface area contributed by atoms with Gasteiger partial charge in [0.15, 0.2) is 11.5 Å². The third-order valence-corrected chi connectivity index (χ3v) is 5.76. The molecule has 3 heterocycles. The number of methoxy groups -OCH3 is 1. The summed E-state index contributed by atoms with van der Waals surface area (Å²) >= 11 is 1.44. The van der Waals surface area contributed by atoms with Gasteiger partial charge in [-0.25, -0.2) is 0 Å². The summed E-state index contributed by atoms with van der Waals surface area (Å²) in [5.74, 6) is 1.35. The maximum Gasteiger partial charge on any atom is 0.264 e. The van der Waals surface area contributed by atoms with E-state index >= 15 is 0 Å². The molecule has 3 aromatic rings. The minimum Gasteiger partial charge on any atom is -0.493 e. The molecule has 1 fully saturated rings. The maximum absolute atomic E-state index is 13.1. The van der Waals surface area contributed by atoms with E-state index in [1.165, 1.54) is 11.3 Å². The van der Waals surface area contributed by atoms with Crippen molar-refractivity contribution in [1.29, 1.82) is 0 Å². The van der Waals surface area contributed by atoms with Crippen LogP contribution in [-0.2, 0) is 17.8 Å². The fourth-order valence-corrected chi connectivity index (χ4v) is 4.07. The molecular formula is C23H24N2O4S. The fourth-order valence-electron chi connectivity index (χ4n) is 3.38. The number of carbonyl (C=O) groups excluding carboxylic acids is 1. The molecule has 1 saturated heterocycles. The number of benzene rings is 1. The summed E-state index contributed by atoms with van der Waals surface area (Å²) < 4.78 is 17.0. The first-order chi connectivity index (χ1) is 14.7. The monoisotopic (exact) mass is 424 g/mol. The molecule has 30 heavy (non-hydrogen) atoms. The Labute approximate surface area is 180 Å². The standard InChI is InChI=1S/C23H24N2O4S/c1-27-21-12-17(6-7-20(21)29-19-8-10-28-16-19)14-25(15-18-4-2-9-24-13-18)23(26)22-5-3-11-30-22/h2-7,9,11-13,19H,8,10,14-16H2,1H3. The molecule has 0 N–H and O–H groups in total. The van der Waals surface area contributed by atoms with Gasteiger partial charge in [-0.15, -0.1) is 11.3 Å². The highest BCUT2D eigenvalue weighted by molar-refractivity contribution is 7.12. The molecule has 0 aliphatic carbocycles. The van der Waals surface area contributed by atoms with Crippen LogP contribution in [0.2, 0.25) is 0 Å². The van der Waals surface area contributed by atoms with Crippen molar-refractivity contribution < 1.29 is 19.0 Å². The summed E-state index contributed by atoms with van der Waals surface area (Å²) in [4.78, 5) is 19.8. The molecule has 0 spiro atoms. The number of aromatic nitrogens is 1. The van der Waals surface area contributed by atoms with E-state index in [9.17, 15) is 4.79 Å². The number of thiophene rings is 1. The van der Waals surface area contributed by atoms with E-state index in [4.69, 9.17) is 14.2 Å². The SMILES string of the molecule is COc1cc(CN(Cc2cccnc2)C(=O)c2cccs2)ccc1OC1CCOC1. The predicted molar refractivity (Wildman–Crippen MR) is 115 cm³/mol. The minimum atomic E-state index is -0.00347. The molecule has 1 unspecified atom stereocenters.